The molecule has 296 valence electrons. The van der Waals surface area contributed by atoms with Crippen molar-refractivity contribution >= 4 is 38.6 Å². The molecule has 0 saturated carbocycles. The Labute approximate surface area is 380 Å². The van der Waals surface area contributed by atoms with Crippen LogP contribution in [0.15, 0.2) is 261 Å². The third kappa shape index (κ3) is 7.26. The van der Waals surface area contributed by atoms with E-state index in [0.29, 0.717) is 16.8 Å². The maximum atomic E-state index is 9.78. The van der Waals surface area contributed by atoms with Crippen LogP contribution < -0.4 is 4.90 Å². The monoisotopic (exact) mass is 809 g/mol. The number of anilines is 3. The van der Waals surface area contributed by atoms with E-state index < -0.39 is 24.2 Å². The van der Waals surface area contributed by atoms with Crippen LogP contribution in [0.1, 0.15) is 11.0 Å². The van der Waals surface area contributed by atoms with Gasteiger partial charge in [0.05, 0.1) is 11.0 Å². The van der Waals surface area contributed by atoms with Crippen molar-refractivity contribution in [2.75, 3.05) is 4.90 Å². The molecule has 0 unspecified atom stereocenters. The van der Waals surface area contributed by atoms with E-state index in [1.807, 2.05) is 146 Å². The Morgan fingerprint density at radius 3 is 1.16 bits per heavy atom. The van der Waals surface area contributed by atoms with Gasteiger partial charge in [-0.2, -0.15) is 0 Å². The molecule has 0 amide bonds. The van der Waals surface area contributed by atoms with Gasteiger partial charge in [0.25, 0.3) is 0 Å². The summed E-state index contributed by atoms with van der Waals surface area (Å²) in [5.41, 5.74) is 8.37. The highest BCUT2D eigenvalue weighted by atomic mass is 15.1. The molecule has 0 saturated heterocycles. The summed E-state index contributed by atoms with van der Waals surface area (Å²) >= 11 is 0. The maximum absolute atomic E-state index is 9.78. The first-order chi connectivity index (χ1) is 34.6. The fraction of sp³-hybridized carbons (Fsp3) is 0. The minimum Gasteiger partial charge on any atom is -0.311 e. The van der Waals surface area contributed by atoms with Crippen LogP contribution in [0.5, 0.6) is 0 Å². The number of nitrogens with zero attached hydrogens (tertiary/aromatic N) is 1. The van der Waals surface area contributed by atoms with Gasteiger partial charge >= 0.3 is 0 Å². The van der Waals surface area contributed by atoms with E-state index >= 15 is 0 Å². The van der Waals surface area contributed by atoms with Crippen LogP contribution in [0.2, 0.25) is 0 Å². The molecule has 0 spiro atoms. The lowest BCUT2D eigenvalue weighted by Crippen LogP contribution is -2.09. The smallest absolute Gasteiger partial charge is 0.0645 e. The molecule has 0 bridgehead atoms. The maximum Gasteiger partial charge on any atom is 0.0645 e. The van der Waals surface area contributed by atoms with Crippen molar-refractivity contribution in [3.8, 4) is 66.8 Å². The van der Waals surface area contributed by atoms with Gasteiger partial charge < -0.3 is 4.90 Å². The van der Waals surface area contributed by atoms with Crippen LogP contribution >= 0.6 is 0 Å². The van der Waals surface area contributed by atoms with E-state index in [1.54, 1.807) is 30.3 Å². The second-order valence-corrected chi connectivity index (χ2v) is 15.4. The molecule has 1 nitrogen and oxygen atoms in total. The summed E-state index contributed by atoms with van der Waals surface area (Å²) in [4.78, 5) is 1.37. The first-order valence-electron chi connectivity index (χ1n) is 25.0. The zero-order valence-electron chi connectivity index (χ0n) is 42.2. The molecule has 0 N–H and O–H groups in total. The largest absolute Gasteiger partial charge is 0.311 e. The average molecular weight is 810 g/mol. The molecule has 0 aliphatic rings. The van der Waals surface area contributed by atoms with Crippen LogP contribution in [0.25, 0.3) is 88.3 Å². The Bertz CT molecular complexity index is 3780. The summed E-state index contributed by atoms with van der Waals surface area (Å²) in [5.74, 6) is 0. The average Bonchev–Trinajstić information content (AvgIpc) is 3.42. The third-order valence-corrected chi connectivity index (χ3v) is 11.6. The molecule has 0 radical (unpaired) electrons. The zero-order chi connectivity index (χ0) is 48.9. The van der Waals surface area contributed by atoms with Crippen LogP contribution in [0.4, 0.5) is 17.1 Å². The minimum atomic E-state index is -0.406. The standard InChI is InChI=1S/C62H43N/c1-4-17-44(18-5-1)50-23-16-24-51(43-50)45-31-37-52(38-32-45)63(53-39-33-47(34-40-53)56-26-11-10-25-55(56)46-19-6-2-7-20-46)54-41-35-49(36-42-54)62-60-30-15-13-28-58(60)57-27-12-14-29-59(57)61(62)48-21-8-3-9-22-48/h1-43H/i31D,32D,33D,34D,37D,38D,39D,40D. The van der Waals surface area contributed by atoms with E-state index in [0.717, 1.165) is 66.1 Å². The highest BCUT2D eigenvalue weighted by Gasteiger charge is 2.19. The summed E-state index contributed by atoms with van der Waals surface area (Å²) in [7, 11) is 0. The molecule has 1 heteroatoms. The zero-order valence-corrected chi connectivity index (χ0v) is 34.2. The fourth-order valence-corrected chi connectivity index (χ4v) is 8.66. The molecule has 11 rings (SSSR count). The van der Waals surface area contributed by atoms with Crippen molar-refractivity contribution in [1.29, 1.82) is 0 Å². The molecular formula is C62H43N. The SMILES string of the molecule is [2H]c1c([2H])c(N(c2ccc(-c3c(-c4ccccc4)c4ccccc4c4ccccc34)cc2)c2c([2H])c([2H])c(-c3ccccc3-c3ccccc3)c([2H])c2[2H])c([2H])c([2H])c1-c1cccc(-c2ccccc2)c1. The molecular weight excluding hydrogens is 759 g/mol. The highest BCUT2D eigenvalue weighted by molar-refractivity contribution is 6.21. The van der Waals surface area contributed by atoms with Gasteiger partial charge in [0, 0.05) is 17.1 Å². The number of hydrogen-bond acceptors (Lipinski definition) is 1. The lowest BCUT2D eigenvalue weighted by atomic mass is 9.85. The summed E-state index contributed by atoms with van der Waals surface area (Å²) in [6, 6.07) is 65.5. The predicted molar refractivity (Wildman–Crippen MR) is 269 cm³/mol. The van der Waals surface area contributed by atoms with Gasteiger partial charge in [-0.25, -0.2) is 0 Å². The fourth-order valence-electron chi connectivity index (χ4n) is 8.66. The summed E-state index contributed by atoms with van der Waals surface area (Å²) in [5, 5.41) is 4.31. The predicted octanol–water partition coefficient (Wildman–Crippen LogP) is 17.5. The Morgan fingerprint density at radius 1 is 0.238 bits per heavy atom. The van der Waals surface area contributed by atoms with Crippen molar-refractivity contribution in [3.63, 3.8) is 0 Å². The molecule has 11 aromatic rings. The highest BCUT2D eigenvalue weighted by Crippen LogP contribution is 2.46. The van der Waals surface area contributed by atoms with Crippen LogP contribution in [0.3, 0.4) is 0 Å². The number of benzene rings is 11. The van der Waals surface area contributed by atoms with E-state index in [1.165, 1.54) is 4.90 Å². The van der Waals surface area contributed by atoms with E-state index in [2.05, 4.69) is 36.4 Å². The van der Waals surface area contributed by atoms with Crippen molar-refractivity contribution in [2.45, 2.75) is 0 Å². The van der Waals surface area contributed by atoms with Crippen molar-refractivity contribution < 1.29 is 11.0 Å². The first kappa shape index (κ1) is 29.9. The molecule has 0 fully saturated rings. The normalized spacial score (nSPS) is 13.0. The molecule has 0 aliphatic heterocycles. The van der Waals surface area contributed by atoms with Crippen LogP contribution in [-0.4, -0.2) is 0 Å². The second kappa shape index (κ2) is 16.7. The molecule has 11 aromatic carbocycles. The van der Waals surface area contributed by atoms with Gasteiger partial charge in [0.15, 0.2) is 0 Å². The van der Waals surface area contributed by atoms with Gasteiger partial charge in [0.2, 0.25) is 0 Å². The quantitative estimate of drug-likeness (QED) is 0.131. The molecule has 0 aromatic heterocycles. The van der Waals surface area contributed by atoms with Crippen molar-refractivity contribution in [3.05, 3.63) is 261 Å². The molecule has 63 heavy (non-hydrogen) atoms. The van der Waals surface area contributed by atoms with Gasteiger partial charge in [-0.15, -0.1) is 0 Å². The Kier molecular flexibility index (Phi) is 7.90. The Hall–Kier alpha value is -8.26. The van der Waals surface area contributed by atoms with Gasteiger partial charge in [-0.3, -0.25) is 0 Å². The minimum absolute atomic E-state index is 0.0980. The Balaban J connectivity index is 1.15. The lowest BCUT2D eigenvalue weighted by molar-refractivity contribution is 1.28. The van der Waals surface area contributed by atoms with Crippen molar-refractivity contribution in [2.24, 2.45) is 0 Å². The van der Waals surface area contributed by atoms with Gasteiger partial charge in [0.1, 0.15) is 0 Å². The first-order valence-corrected chi connectivity index (χ1v) is 21.0. The third-order valence-electron chi connectivity index (χ3n) is 11.6. The second-order valence-electron chi connectivity index (χ2n) is 15.4. The topological polar surface area (TPSA) is 3.24 Å². The van der Waals surface area contributed by atoms with E-state index in [4.69, 9.17) is 0 Å². The summed E-state index contributed by atoms with van der Waals surface area (Å²) < 4.78 is 77.4. The van der Waals surface area contributed by atoms with E-state index in [-0.39, 0.29) is 46.7 Å². The van der Waals surface area contributed by atoms with E-state index in [9.17, 15) is 11.0 Å². The van der Waals surface area contributed by atoms with Gasteiger partial charge in [-0.05, 0) is 131 Å². The molecule has 0 aliphatic carbocycles. The number of fused-ring (bicyclic) bond motifs is 3. The number of rotatable bonds is 9. The van der Waals surface area contributed by atoms with Crippen LogP contribution in [-0.2, 0) is 0 Å². The van der Waals surface area contributed by atoms with Crippen LogP contribution in [0, 0.1) is 0 Å². The van der Waals surface area contributed by atoms with Crippen molar-refractivity contribution in [1.82, 2.24) is 0 Å². The van der Waals surface area contributed by atoms with Gasteiger partial charge in [-0.1, -0.05) is 218 Å². The molecule has 0 heterocycles. The lowest BCUT2D eigenvalue weighted by Gasteiger charge is -2.26. The molecule has 0 atom stereocenters. The summed E-state index contributed by atoms with van der Waals surface area (Å²) in [6.45, 7) is 0. The Morgan fingerprint density at radius 2 is 0.619 bits per heavy atom. The summed E-state index contributed by atoms with van der Waals surface area (Å²) in [6.07, 6.45) is 0. The number of hydrogen-bond donors (Lipinski definition) is 0.